The predicted octanol–water partition coefficient (Wildman–Crippen LogP) is 2.94. The van der Waals surface area contributed by atoms with Crippen LogP contribution in [0.15, 0.2) is 33.3 Å². The molecule has 0 bridgehead atoms. The molecule has 1 heterocycles. The monoisotopic (exact) mass is 285 g/mol. The van der Waals surface area contributed by atoms with E-state index in [1.807, 2.05) is 0 Å². The minimum Gasteiger partial charge on any atom is -0.476 e. The predicted molar refractivity (Wildman–Crippen MR) is 56.6 cm³/mol. The number of carboxylic acids is 1. The van der Waals surface area contributed by atoms with Gasteiger partial charge < -0.3 is 9.63 Å². The molecule has 0 amide bonds. The topological polar surface area (TPSA) is 63.3 Å². The van der Waals surface area contributed by atoms with E-state index in [0.717, 1.165) is 0 Å². The Bertz CT molecular complexity index is 535. The van der Waals surface area contributed by atoms with Gasteiger partial charge in [0.2, 0.25) is 5.69 Å². The SMILES string of the molecule is O=C(O)c1noc(-c2ccc(F)cc2)c1Br. The van der Waals surface area contributed by atoms with Crippen LogP contribution in [0.2, 0.25) is 0 Å². The number of aromatic nitrogens is 1. The van der Waals surface area contributed by atoms with Gasteiger partial charge in [-0.15, -0.1) is 0 Å². The van der Waals surface area contributed by atoms with Crippen LogP contribution in [0.1, 0.15) is 10.5 Å². The number of carbonyl (C=O) groups is 1. The van der Waals surface area contributed by atoms with Crippen LogP contribution in [0.4, 0.5) is 4.39 Å². The second kappa shape index (κ2) is 4.05. The van der Waals surface area contributed by atoms with E-state index in [1.165, 1.54) is 24.3 Å². The molecule has 0 saturated carbocycles. The fraction of sp³-hybridized carbons (Fsp3) is 0. The molecule has 1 aromatic carbocycles. The van der Waals surface area contributed by atoms with Crippen LogP contribution in [-0.4, -0.2) is 16.2 Å². The van der Waals surface area contributed by atoms with E-state index in [0.29, 0.717) is 5.56 Å². The highest BCUT2D eigenvalue weighted by Gasteiger charge is 2.20. The first-order chi connectivity index (χ1) is 7.59. The first-order valence-electron chi connectivity index (χ1n) is 4.24. The van der Waals surface area contributed by atoms with Crippen LogP contribution < -0.4 is 0 Å². The minimum atomic E-state index is -1.19. The van der Waals surface area contributed by atoms with Gasteiger partial charge in [0.05, 0.1) is 0 Å². The molecule has 0 spiro atoms. The summed E-state index contributed by atoms with van der Waals surface area (Å²) >= 11 is 3.08. The maximum atomic E-state index is 12.7. The van der Waals surface area contributed by atoms with Crippen molar-refractivity contribution in [2.75, 3.05) is 0 Å². The van der Waals surface area contributed by atoms with Gasteiger partial charge >= 0.3 is 5.97 Å². The van der Waals surface area contributed by atoms with Crippen molar-refractivity contribution >= 4 is 21.9 Å². The van der Waals surface area contributed by atoms with Gasteiger partial charge in [0.25, 0.3) is 0 Å². The van der Waals surface area contributed by atoms with E-state index in [2.05, 4.69) is 21.1 Å². The zero-order chi connectivity index (χ0) is 11.7. The average molecular weight is 286 g/mol. The van der Waals surface area contributed by atoms with Crippen LogP contribution in [0.3, 0.4) is 0 Å². The highest BCUT2D eigenvalue weighted by molar-refractivity contribution is 9.10. The van der Waals surface area contributed by atoms with E-state index < -0.39 is 5.97 Å². The van der Waals surface area contributed by atoms with Gasteiger partial charge in [0, 0.05) is 5.56 Å². The molecule has 16 heavy (non-hydrogen) atoms. The molecule has 1 N–H and O–H groups in total. The third-order valence-corrected chi connectivity index (χ3v) is 2.68. The number of carboxylic acid groups (broad SMARTS) is 1. The number of halogens is 2. The van der Waals surface area contributed by atoms with Crippen molar-refractivity contribution in [2.45, 2.75) is 0 Å². The Morgan fingerprint density at radius 3 is 2.50 bits per heavy atom. The fourth-order valence-electron chi connectivity index (χ4n) is 1.19. The number of hydrogen-bond acceptors (Lipinski definition) is 3. The Labute approximate surface area is 97.8 Å². The molecule has 0 aliphatic rings. The Morgan fingerprint density at radius 1 is 1.38 bits per heavy atom. The van der Waals surface area contributed by atoms with Crippen molar-refractivity contribution in [1.29, 1.82) is 0 Å². The van der Waals surface area contributed by atoms with E-state index in [1.54, 1.807) is 0 Å². The highest BCUT2D eigenvalue weighted by atomic mass is 79.9. The first-order valence-corrected chi connectivity index (χ1v) is 5.03. The summed E-state index contributed by atoms with van der Waals surface area (Å²) in [5.41, 5.74) is 0.340. The zero-order valence-electron chi connectivity index (χ0n) is 7.78. The summed E-state index contributed by atoms with van der Waals surface area (Å²) in [6, 6.07) is 5.47. The van der Waals surface area contributed by atoms with E-state index >= 15 is 0 Å². The van der Waals surface area contributed by atoms with E-state index in [4.69, 9.17) is 9.63 Å². The molecular weight excluding hydrogens is 281 g/mol. The molecule has 1 aromatic heterocycles. The number of aromatic carboxylic acids is 1. The summed E-state index contributed by atoms with van der Waals surface area (Å²) in [4.78, 5) is 10.7. The molecule has 82 valence electrons. The van der Waals surface area contributed by atoms with Crippen molar-refractivity contribution < 1.29 is 18.8 Å². The molecule has 0 unspecified atom stereocenters. The first kappa shape index (κ1) is 10.8. The molecule has 0 atom stereocenters. The Hall–Kier alpha value is -1.69. The number of hydrogen-bond donors (Lipinski definition) is 1. The van der Waals surface area contributed by atoms with Gasteiger partial charge in [0.1, 0.15) is 10.3 Å². The third-order valence-electron chi connectivity index (χ3n) is 1.94. The summed E-state index contributed by atoms with van der Waals surface area (Å²) in [6.45, 7) is 0. The molecule has 2 aromatic rings. The van der Waals surface area contributed by atoms with Crippen LogP contribution >= 0.6 is 15.9 Å². The van der Waals surface area contributed by atoms with Crippen LogP contribution in [-0.2, 0) is 0 Å². The largest absolute Gasteiger partial charge is 0.476 e. The van der Waals surface area contributed by atoms with Crippen LogP contribution in [0.25, 0.3) is 11.3 Å². The second-order valence-corrected chi connectivity index (χ2v) is 3.78. The third kappa shape index (κ3) is 1.83. The summed E-state index contributed by atoms with van der Waals surface area (Å²) in [6.07, 6.45) is 0. The van der Waals surface area contributed by atoms with Crippen molar-refractivity contribution in [3.05, 3.63) is 40.2 Å². The molecule has 6 heteroatoms. The Kier molecular flexibility index (Phi) is 2.74. The molecule has 0 saturated heterocycles. The van der Waals surface area contributed by atoms with Gasteiger partial charge in [-0.1, -0.05) is 5.16 Å². The summed E-state index contributed by atoms with van der Waals surface area (Å²) in [5.74, 6) is -1.31. The molecule has 2 rings (SSSR count). The molecule has 0 aliphatic carbocycles. The lowest BCUT2D eigenvalue weighted by Crippen LogP contribution is -1.96. The minimum absolute atomic E-state index is 0.209. The second-order valence-electron chi connectivity index (χ2n) is 2.99. The Balaban J connectivity index is 2.49. The lowest BCUT2D eigenvalue weighted by molar-refractivity contribution is 0.0685. The van der Waals surface area contributed by atoms with E-state index in [9.17, 15) is 9.18 Å². The number of rotatable bonds is 2. The van der Waals surface area contributed by atoms with Crippen molar-refractivity contribution in [3.8, 4) is 11.3 Å². The number of benzene rings is 1. The van der Waals surface area contributed by atoms with Crippen LogP contribution in [0.5, 0.6) is 0 Å². The summed E-state index contributed by atoms with van der Waals surface area (Å²) in [5, 5.41) is 12.2. The van der Waals surface area contributed by atoms with E-state index in [-0.39, 0.29) is 21.7 Å². The quantitative estimate of drug-likeness (QED) is 0.921. The van der Waals surface area contributed by atoms with Gasteiger partial charge in [-0.05, 0) is 40.2 Å². The van der Waals surface area contributed by atoms with Gasteiger partial charge in [-0.2, -0.15) is 0 Å². The standard InChI is InChI=1S/C10H5BrFNO3/c11-7-8(10(14)15)13-16-9(7)5-1-3-6(12)4-2-5/h1-4H,(H,14,15). The molecular formula is C10H5BrFNO3. The summed E-state index contributed by atoms with van der Waals surface area (Å²) in [7, 11) is 0. The lowest BCUT2D eigenvalue weighted by atomic mass is 10.1. The van der Waals surface area contributed by atoms with Gasteiger partial charge in [-0.25, -0.2) is 9.18 Å². The summed E-state index contributed by atoms with van der Waals surface area (Å²) < 4.78 is 17.8. The fourth-order valence-corrected chi connectivity index (χ4v) is 1.74. The van der Waals surface area contributed by atoms with Crippen LogP contribution in [0, 0.1) is 5.82 Å². The van der Waals surface area contributed by atoms with Gasteiger partial charge in [0.15, 0.2) is 5.76 Å². The lowest BCUT2D eigenvalue weighted by Gasteiger charge is -1.95. The molecule has 0 fully saturated rings. The highest BCUT2D eigenvalue weighted by Crippen LogP contribution is 2.31. The average Bonchev–Trinajstić information content (AvgIpc) is 2.61. The number of nitrogens with zero attached hydrogens (tertiary/aromatic N) is 1. The molecule has 0 aliphatic heterocycles. The smallest absolute Gasteiger partial charge is 0.359 e. The normalized spacial score (nSPS) is 10.4. The maximum absolute atomic E-state index is 12.7. The van der Waals surface area contributed by atoms with Crippen molar-refractivity contribution in [2.24, 2.45) is 0 Å². The van der Waals surface area contributed by atoms with Crippen molar-refractivity contribution in [3.63, 3.8) is 0 Å². The molecule has 0 radical (unpaired) electrons. The van der Waals surface area contributed by atoms with Crippen molar-refractivity contribution in [1.82, 2.24) is 5.16 Å². The maximum Gasteiger partial charge on any atom is 0.359 e. The van der Waals surface area contributed by atoms with Gasteiger partial charge in [-0.3, -0.25) is 0 Å². The zero-order valence-corrected chi connectivity index (χ0v) is 9.36. The molecule has 4 nitrogen and oxygen atoms in total. The Morgan fingerprint density at radius 2 is 2.00 bits per heavy atom.